The Morgan fingerprint density at radius 1 is 1.44 bits per heavy atom. The van der Waals surface area contributed by atoms with E-state index in [4.69, 9.17) is 4.74 Å². The van der Waals surface area contributed by atoms with Crippen LogP contribution in [0.4, 0.5) is 5.69 Å². The Morgan fingerprint density at radius 3 is 2.69 bits per heavy atom. The number of aromatic nitrogens is 2. The van der Waals surface area contributed by atoms with Crippen molar-refractivity contribution in [3.8, 4) is 0 Å². The molecule has 1 aliphatic heterocycles. The summed E-state index contributed by atoms with van der Waals surface area (Å²) >= 11 is 0. The molecule has 1 aromatic heterocycles. The van der Waals surface area contributed by atoms with E-state index in [9.17, 15) is 4.79 Å². The van der Waals surface area contributed by atoms with Crippen LogP contribution in [0.25, 0.3) is 0 Å². The summed E-state index contributed by atoms with van der Waals surface area (Å²) in [4.78, 5) is 12.0. The Bertz CT molecular complexity index is 363. The van der Waals surface area contributed by atoms with Gasteiger partial charge in [0.1, 0.15) is 0 Å². The number of aromatic amines is 1. The summed E-state index contributed by atoms with van der Waals surface area (Å²) in [6.45, 7) is 6.00. The third-order valence-corrected chi connectivity index (χ3v) is 3.31. The van der Waals surface area contributed by atoms with E-state index in [1.54, 1.807) is 12.4 Å². The van der Waals surface area contributed by atoms with Crippen LogP contribution in [-0.4, -0.2) is 28.3 Å². The zero-order valence-corrected chi connectivity index (χ0v) is 9.73. The van der Waals surface area contributed by atoms with Crippen molar-refractivity contribution in [3.63, 3.8) is 0 Å². The predicted octanol–water partition coefficient (Wildman–Crippen LogP) is 1.41. The molecule has 2 heterocycles. The number of hydrogen-bond acceptors (Lipinski definition) is 3. The first-order valence-electron chi connectivity index (χ1n) is 5.54. The van der Waals surface area contributed by atoms with Crippen LogP contribution < -0.4 is 5.32 Å². The fourth-order valence-corrected chi connectivity index (χ4v) is 2.26. The highest BCUT2D eigenvalue weighted by Crippen LogP contribution is 2.32. The molecule has 0 spiro atoms. The fraction of sp³-hybridized carbons (Fsp3) is 0.636. The molecule has 1 aliphatic rings. The molecule has 5 heteroatoms. The Balaban J connectivity index is 2.04. The van der Waals surface area contributed by atoms with Crippen molar-refractivity contribution in [2.45, 2.75) is 33.0 Å². The molecule has 0 bridgehead atoms. The quantitative estimate of drug-likeness (QED) is 0.796. The summed E-state index contributed by atoms with van der Waals surface area (Å²) in [5.41, 5.74) is 0.698. The van der Waals surface area contributed by atoms with Gasteiger partial charge in [-0.15, -0.1) is 0 Å². The second-order valence-corrected chi connectivity index (χ2v) is 4.41. The molecule has 1 fully saturated rings. The van der Waals surface area contributed by atoms with Crippen molar-refractivity contribution in [3.05, 3.63) is 12.4 Å². The minimum Gasteiger partial charge on any atom is -0.374 e. The average molecular weight is 223 g/mol. The monoisotopic (exact) mass is 223 g/mol. The fourth-order valence-electron chi connectivity index (χ4n) is 2.26. The van der Waals surface area contributed by atoms with Crippen LogP contribution in [0.3, 0.4) is 0 Å². The number of ether oxygens (including phenoxy) is 1. The number of hydrogen-bond donors (Lipinski definition) is 2. The van der Waals surface area contributed by atoms with E-state index in [1.807, 2.05) is 20.8 Å². The second-order valence-electron chi connectivity index (χ2n) is 4.41. The molecule has 0 radical (unpaired) electrons. The summed E-state index contributed by atoms with van der Waals surface area (Å²) in [7, 11) is 0. The first-order chi connectivity index (χ1) is 7.59. The van der Waals surface area contributed by atoms with Gasteiger partial charge in [0.15, 0.2) is 0 Å². The van der Waals surface area contributed by atoms with E-state index < -0.39 is 0 Å². The van der Waals surface area contributed by atoms with Gasteiger partial charge in [-0.1, -0.05) is 6.92 Å². The normalized spacial score (nSPS) is 33.9. The maximum Gasteiger partial charge on any atom is 0.230 e. The summed E-state index contributed by atoms with van der Waals surface area (Å²) in [5.74, 6) is 0.151. The average Bonchev–Trinajstić information content (AvgIpc) is 2.77. The van der Waals surface area contributed by atoms with Crippen molar-refractivity contribution in [2.75, 3.05) is 5.32 Å². The van der Waals surface area contributed by atoms with E-state index in [2.05, 4.69) is 15.5 Å². The minimum absolute atomic E-state index is 0.00532. The third-order valence-electron chi connectivity index (χ3n) is 3.31. The standard InChI is InChI=1S/C11H17N3O2/c1-6-7(2)16-8(3)10(6)11(15)14-9-4-12-13-5-9/h4-8,10H,1-3H3,(H,12,13)(H,14,15). The highest BCUT2D eigenvalue weighted by molar-refractivity contribution is 5.93. The summed E-state index contributed by atoms with van der Waals surface area (Å²) in [6.07, 6.45) is 3.35. The van der Waals surface area contributed by atoms with Crippen molar-refractivity contribution in [2.24, 2.45) is 11.8 Å². The number of amides is 1. The van der Waals surface area contributed by atoms with E-state index in [1.165, 1.54) is 0 Å². The molecular weight excluding hydrogens is 206 g/mol. The number of nitrogens with zero attached hydrogens (tertiary/aromatic N) is 1. The molecule has 88 valence electrons. The van der Waals surface area contributed by atoms with Gasteiger partial charge < -0.3 is 10.1 Å². The Hall–Kier alpha value is -1.36. The molecule has 0 saturated carbocycles. The van der Waals surface area contributed by atoms with E-state index >= 15 is 0 Å². The van der Waals surface area contributed by atoms with Crippen molar-refractivity contribution in [1.29, 1.82) is 0 Å². The van der Waals surface area contributed by atoms with Gasteiger partial charge in [-0.25, -0.2) is 0 Å². The SMILES string of the molecule is CC1OC(C)C(C(=O)Nc2cn[nH]c2)C1C. The van der Waals surface area contributed by atoms with Gasteiger partial charge in [0, 0.05) is 6.20 Å². The Kier molecular flexibility index (Phi) is 2.96. The summed E-state index contributed by atoms with van der Waals surface area (Å²) < 4.78 is 5.64. The number of nitrogens with one attached hydrogen (secondary N) is 2. The molecule has 0 aromatic carbocycles. The molecule has 16 heavy (non-hydrogen) atoms. The number of H-pyrrole nitrogens is 1. The summed E-state index contributed by atoms with van der Waals surface area (Å²) in [6, 6.07) is 0. The third kappa shape index (κ3) is 1.95. The predicted molar refractivity (Wildman–Crippen MR) is 59.9 cm³/mol. The Labute approximate surface area is 94.6 Å². The maximum absolute atomic E-state index is 12.0. The van der Waals surface area contributed by atoms with Crippen LogP contribution in [0, 0.1) is 11.8 Å². The lowest BCUT2D eigenvalue weighted by atomic mass is 9.89. The van der Waals surface area contributed by atoms with Gasteiger partial charge >= 0.3 is 0 Å². The van der Waals surface area contributed by atoms with Crippen LogP contribution in [-0.2, 0) is 9.53 Å². The number of carbonyl (C=O) groups excluding carboxylic acids is 1. The molecule has 4 atom stereocenters. The van der Waals surface area contributed by atoms with Crippen molar-refractivity contribution >= 4 is 11.6 Å². The highest BCUT2D eigenvalue weighted by atomic mass is 16.5. The lowest BCUT2D eigenvalue weighted by molar-refractivity contribution is -0.121. The van der Waals surface area contributed by atoms with Crippen LogP contribution in [0.2, 0.25) is 0 Å². The number of anilines is 1. The number of rotatable bonds is 2. The van der Waals surface area contributed by atoms with Gasteiger partial charge in [0.25, 0.3) is 0 Å². The lowest BCUT2D eigenvalue weighted by Gasteiger charge is -2.17. The Morgan fingerprint density at radius 2 is 2.19 bits per heavy atom. The van der Waals surface area contributed by atoms with Crippen molar-refractivity contribution < 1.29 is 9.53 Å². The molecule has 5 nitrogen and oxygen atoms in total. The molecule has 1 aromatic rings. The summed E-state index contributed by atoms with van der Waals surface area (Å²) in [5, 5.41) is 9.28. The number of carbonyl (C=O) groups is 1. The van der Waals surface area contributed by atoms with E-state index in [0.717, 1.165) is 0 Å². The van der Waals surface area contributed by atoms with Crippen molar-refractivity contribution in [1.82, 2.24) is 10.2 Å². The molecule has 1 amide bonds. The van der Waals surface area contributed by atoms with Crippen LogP contribution >= 0.6 is 0 Å². The van der Waals surface area contributed by atoms with Gasteiger partial charge in [0.2, 0.25) is 5.91 Å². The first kappa shape index (κ1) is 11.1. The molecule has 1 saturated heterocycles. The minimum atomic E-state index is -0.0927. The molecule has 0 aliphatic carbocycles. The van der Waals surface area contributed by atoms with Crippen LogP contribution in [0.1, 0.15) is 20.8 Å². The second kappa shape index (κ2) is 4.25. The smallest absolute Gasteiger partial charge is 0.230 e. The van der Waals surface area contributed by atoms with Crippen LogP contribution in [0.5, 0.6) is 0 Å². The molecule has 4 unspecified atom stereocenters. The van der Waals surface area contributed by atoms with Gasteiger partial charge in [-0.2, -0.15) is 5.10 Å². The van der Waals surface area contributed by atoms with E-state index in [-0.39, 0.29) is 30.0 Å². The van der Waals surface area contributed by atoms with E-state index in [0.29, 0.717) is 5.69 Å². The van der Waals surface area contributed by atoms with Gasteiger partial charge in [-0.05, 0) is 19.8 Å². The lowest BCUT2D eigenvalue weighted by Crippen LogP contribution is -2.31. The zero-order valence-electron chi connectivity index (χ0n) is 9.73. The topological polar surface area (TPSA) is 67.0 Å². The molecule has 2 rings (SSSR count). The van der Waals surface area contributed by atoms with Gasteiger partial charge in [0.05, 0.1) is 30.0 Å². The highest BCUT2D eigenvalue weighted by Gasteiger charge is 2.41. The maximum atomic E-state index is 12.0. The van der Waals surface area contributed by atoms with Gasteiger partial charge in [-0.3, -0.25) is 9.89 Å². The first-order valence-corrected chi connectivity index (χ1v) is 5.54. The molecule has 2 N–H and O–H groups in total. The van der Waals surface area contributed by atoms with Crippen LogP contribution in [0.15, 0.2) is 12.4 Å². The largest absolute Gasteiger partial charge is 0.374 e. The molecular formula is C11H17N3O2. The zero-order chi connectivity index (χ0) is 11.7.